The van der Waals surface area contributed by atoms with Crippen LogP contribution in [-0.4, -0.2) is 24.4 Å². The van der Waals surface area contributed by atoms with Crippen molar-refractivity contribution in [3.63, 3.8) is 0 Å². The highest BCUT2D eigenvalue weighted by atomic mass is 79.9. The summed E-state index contributed by atoms with van der Waals surface area (Å²) in [5, 5.41) is 12.7. The van der Waals surface area contributed by atoms with E-state index in [-0.39, 0.29) is 19.0 Å². The largest absolute Gasteiger partial charge is 0.493 e. The van der Waals surface area contributed by atoms with Gasteiger partial charge in [-0.3, -0.25) is 0 Å². The Kier molecular flexibility index (Phi) is 6.81. The van der Waals surface area contributed by atoms with Crippen LogP contribution in [0.2, 0.25) is 0 Å². The molecule has 0 aliphatic carbocycles. The number of rotatable bonds is 8. The summed E-state index contributed by atoms with van der Waals surface area (Å²) in [4.78, 5) is 0. The van der Waals surface area contributed by atoms with Gasteiger partial charge in [-0.15, -0.1) is 0 Å². The molecule has 136 valence electrons. The Morgan fingerprint density at radius 2 is 1.92 bits per heavy atom. The Morgan fingerprint density at radius 3 is 2.56 bits per heavy atom. The second kappa shape index (κ2) is 8.65. The van der Waals surface area contributed by atoms with Crippen molar-refractivity contribution in [3.8, 4) is 11.5 Å². The highest BCUT2D eigenvalue weighted by molar-refractivity contribution is 9.10. The maximum Gasteiger partial charge on any atom is 0.167 e. The molecule has 0 unspecified atom stereocenters. The van der Waals surface area contributed by atoms with Crippen LogP contribution >= 0.6 is 15.9 Å². The van der Waals surface area contributed by atoms with Crippen LogP contribution in [0.25, 0.3) is 0 Å². The van der Waals surface area contributed by atoms with Gasteiger partial charge in [-0.2, -0.15) is 0 Å². The third-order valence-corrected chi connectivity index (χ3v) is 4.60. The van der Waals surface area contributed by atoms with Gasteiger partial charge < -0.3 is 19.9 Å². The average molecular weight is 412 g/mol. The second-order valence-corrected chi connectivity index (χ2v) is 7.19. The number of hydrogen-bond acceptors (Lipinski definition) is 4. The fraction of sp³-hybridized carbons (Fsp3) is 0.368. The van der Waals surface area contributed by atoms with E-state index < -0.39 is 5.54 Å². The van der Waals surface area contributed by atoms with Gasteiger partial charge in [0.25, 0.3) is 0 Å². The number of nitrogens with one attached hydrogen (secondary N) is 1. The van der Waals surface area contributed by atoms with Crippen LogP contribution < -0.4 is 14.8 Å². The molecule has 0 radical (unpaired) electrons. The molecule has 2 rings (SSSR count). The molecular formula is C19H23BrFNO3. The Morgan fingerprint density at radius 1 is 1.20 bits per heavy atom. The molecule has 0 atom stereocenters. The zero-order valence-electron chi connectivity index (χ0n) is 14.6. The predicted molar refractivity (Wildman–Crippen MR) is 99.4 cm³/mol. The molecule has 4 nitrogen and oxygen atoms in total. The lowest BCUT2D eigenvalue weighted by molar-refractivity contribution is 0.186. The lowest BCUT2D eigenvalue weighted by Gasteiger charge is -2.25. The van der Waals surface area contributed by atoms with Crippen LogP contribution in [0.3, 0.4) is 0 Å². The molecule has 2 aromatic rings. The molecule has 0 heterocycles. The van der Waals surface area contributed by atoms with Crippen LogP contribution in [0.1, 0.15) is 25.0 Å². The van der Waals surface area contributed by atoms with Crippen molar-refractivity contribution >= 4 is 15.9 Å². The van der Waals surface area contributed by atoms with Crippen molar-refractivity contribution in [1.29, 1.82) is 0 Å². The van der Waals surface area contributed by atoms with Crippen molar-refractivity contribution < 1.29 is 19.0 Å². The van der Waals surface area contributed by atoms with E-state index in [0.717, 1.165) is 10.0 Å². The highest BCUT2D eigenvalue weighted by Gasteiger charge is 2.20. The molecule has 25 heavy (non-hydrogen) atoms. The molecule has 0 aliphatic heterocycles. The Bertz CT molecular complexity index is 722. The first-order valence-electron chi connectivity index (χ1n) is 7.95. The summed E-state index contributed by atoms with van der Waals surface area (Å²) in [6.45, 7) is 4.36. The maximum absolute atomic E-state index is 13.8. The molecule has 2 N–H and O–H groups in total. The first-order chi connectivity index (χ1) is 11.9. The first-order valence-corrected chi connectivity index (χ1v) is 8.74. The fourth-order valence-corrected chi connectivity index (χ4v) is 2.67. The molecule has 0 aliphatic rings. The van der Waals surface area contributed by atoms with Crippen LogP contribution in [0.4, 0.5) is 4.39 Å². The number of ether oxygens (including phenoxy) is 2. The van der Waals surface area contributed by atoms with Gasteiger partial charge in [0, 0.05) is 27.7 Å². The van der Waals surface area contributed by atoms with Crippen molar-refractivity contribution in [3.05, 3.63) is 57.8 Å². The van der Waals surface area contributed by atoms with Gasteiger partial charge in [0.1, 0.15) is 12.4 Å². The maximum atomic E-state index is 13.8. The molecule has 6 heteroatoms. The van der Waals surface area contributed by atoms with E-state index in [4.69, 9.17) is 9.47 Å². The topological polar surface area (TPSA) is 50.7 Å². The lowest BCUT2D eigenvalue weighted by atomic mass is 10.1. The summed E-state index contributed by atoms with van der Waals surface area (Å²) in [7, 11) is 1.56. The summed E-state index contributed by atoms with van der Waals surface area (Å²) in [5.41, 5.74) is 0.877. The summed E-state index contributed by atoms with van der Waals surface area (Å²) >= 11 is 3.53. The van der Waals surface area contributed by atoms with Gasteiger partial charge in [0.05, 0.1) is 13.7 Å². The smallest absolute Gasteiger partial charge is 0.167 e. The number of halogens is 2. The summed E-state index contributed by atoms with van der Waals surface area (Å²) in [6.07, 6.45) is 0. The van der Waals surface area contributed by atoms with Crippen LogP contribution in [0, 0.1) is 5.82 Å². The van der Waals surface area contributed by atoms with Crippen LogP contribution in [-0.2, 0) is 13.2 Å². The molecule has 0 saturated carbocycles. The zero-order chi connectivity index (χ0) is 18.4. The van der Waals surface area contributed by atoms with Gasteiger partial charge in [0.2, 0.25) is 0 Å². The summed E-state index contributed by atoms with van der Waals surface area (Å²) in [5.74, 6) is 0.803. The van der Waals surface area contributed by atoms with E-state index in [0.29, 0.717) is 23.6 Å². The average Bonchev–Trinajstić information content (AvgIpc) is 2.60. The van der Waals surface area contributed by atoms with Crippen molar-refractivity contribution in [1.82, 2.24) is 5.32 Å². The van der Waals surface area contributed by atoms with Gasteiger partial charge in [-0.1, -0.05) is 34.1 Å². The van der Waals surface area contributed by atoms with Gasteiger partial charge in [-0.05, 0) is 32.0 Å². The van der Waals surface area contributed by atoms with Crippen LogP contribution in [0.5, 0.6) is 11.5 Å². The third-order valence-electron chi connectivity index (χ3n) is 3.86. The standard InChI is InChI=1S/C19H23BrFNO3/c1-19(2,12-23)22-10-14-15(20)8-9-17(24-3)18(14)25-11-13-6-4-5-7-16(13)21/h4-9,22-23H,10-12H2,1-3H3. The molecular weight excluding hydrogens is 389 g/mol. The summed E-state index contributed by atoms with van der Waals surface area (Å²) < 4.78 is 26.0. The van der Waals surface area contributed by atoms with Gasteiger partial charge >= 0.3 is 0 Å². The van der Waals surface area contributed by atoms with E-state index >= 15 is 0 Å². The molecule has 0 aromatic heterocycles. The fourth-order valence-electron chi connectivity index (χ4n) is 2.21. The van der Waals surface area contributed by atoms with E-state index in [1.54, 1.807) is 31.4 Å². The van der Waals surface area contributed by atoms with E-state index in [1.807, 2.05) is 19.9 Å². The first kappa shape index (κ1) is 19.7. The summed E-state index contributed by atoms with van der Waals surface area (Å²) in [6, 6.07) is 10.2. The number of aliphatic hydroxyl groups is 1. The molecule has 0 bridgehead atoms. The number of aliphatic hydroxyl groups excluding tert-OH is 1. The molecule has 0 amide bonds. The van der Waals surface area contributed by atoms with Crippen molar-refractivity contribution in [2.24, 2.45) is 0 Å². The van der Waals surface area contributed by atoms with Crippen LogP contribution in [0.15, 0.2) is 40.9 Å². The number of benzene rings is 2. The van der Waals surface area contributed by atoms with E-state index in [9.17, 15) is 9.50 Å². The SMILES string of the molecule is COc1ccc(Br)c(CNC(C)(C)CO)c1OCc1ccccc1F. The molecule has 0 spiro atoms. The molecule has 0 saturated heterocycles. The zero-order valence-corrected chi connectivity index (χ0v) is 16.2. The Balaban J connectivity index is 2.28. The monoisotopic (exact) mass is 411 g/mol. The Hall–Kier alpha value is -1.63. The van der Waals surface area contributed by atoms with E-state index in [1.165, 1.54) is 6.07 Å². The quantitative estimate of drug-likeness (QED) is 0.688. The molecule has 0 fully saturated rings. The minimum Gasteiger partial charge on any atom is -0.493 e. The Labute approximate surface area is 156 Å². The number of hydrogen-bond donors (Lipinski definition) is 2. The minimum absolute atomic E-state index is 0.00000457. The highest BCUT2D eigenvalue weighted by Crippen LogP contribution is 2.37. The minimum atomic E-state index is -0.439. The predicted octanol–water partition coefficient (Wildman–Crippen LogP) is 4.04. The molecule has 2 aromatic carbocycles. The van der Waals surface area contributed by atoms with Crippen molar-refractivity contribution in [2.75, 3.05) is 13.7 Å². The number of methoxy groups -OCH3 is 1. The lowest BCUT2D eigenvalue weighted by Crippen LogP contribution is -2.42. The normalized spacial score (nSPS) is 11.4. The second-order valence-electron chi connectivity index (χ2n) is 6.33. The third kappa shape index (κ3) is 5.17. The van der Waals surface area contributed by atoms with Gasteiger partial charge in [0.15, 0.2) is 11.5 Å². The van der Waals surface area contributed by atoms with Gasteiger partial charge in [-0.25, -0.2) is 4.39 Å². The van der Waals surface area contributed by atoms with E-state index in [2.05, 4.69) is 21.2 Å². The van der Waals surface area contributed by atoms with Crippen molar-refractivity contribution in [2.45, 2.75) is 32.5 Å².